The van der Waals surface area contributed by atoms with Gasteiger partial charge in [-0.15, -0.1) is 10.2 Å². The highest BCUT2D eigenvalue weighted by Crippen LogP contribution is 2.24. The number of hydrogen-bond acceptors (Lipinski definition) is 4. The Hall–Kier alpha value is -2.31. The van der Waals surface area contributed by atoms with Crippen LogP contribution in [0.5, 0.6) is 0 Å². The Kier molecular flexibility index (Phi) is 5.64. The molecule has 0 radical (unpaired) electrons. The average molecular weight is 387 g/mol. The minimum atomic E-state index is -0.120. The van der Waals surface area contributed by atoms with Gasteiger partial charge in [-0.25, -0.2) is 0 Å². The molecule has 5 nitrogen and oxygen atoms in total. The fourth-order valence-electron chi connectivity index (χ4n) is 2.56. The normalized spacial score (nSPS) is 10.8. The first-order valence-corrected chi connectivity index (χ1v) is 9.47. The second kappa shape index (κ2) is 7.93. The van der Waals surface area contributed by atoms with Crippen molar-refractivity contribution in [1.82, 2.24) is 14.8 Å². The van der Waals surface area contributed by atoms with Crippen LogP contribution in [0.3, 0.4) is 0 Å². The number of nitrogens with one attached hydrogen (secondary N) is 1. The fraction of sp³-hybridized carbons (Fsp3) is 0.211. The zero-order chi connectivity index (χ0) is 18.7. The highest BCUT2D eigenvalue weighted by Gasteiger charge is 2.12. The molecule has 7 heteroatoms. The predicted octanol–water partition coefficient (Wildman–Crippen LogP) is 4.58. The summed E-state index contributed by atoms with van der Waals surface area (Å²) in [6, 6.07) is 11.6. The smallest absolute Gasteiger partial charge is 0.234 e. The average Bonchev–Trinajstić information content (AvgIpc) is 3.05. The summed E-state index contributed by atoms with van der Waals surface area (Å²) >= 11 is 7.43. The van der Waals surface area contributed by atoms with Crippen LogP contribution in [0.4, 0.5) is 5.69 Å². The molecule has 0 saturated carbocycles. The van der Waals surface area contributed by atoms with E-state index in [4.69, 9.17) is 11.6 Å². The van der Waals surface area contributed by atoms with Crippen LogP contribution < -0.4 is 5.32 Å². The van der Waals surface area contributed by atoms with E-state index in [0.29, 0.717) is 15.9 Å². The molecule has 3 rings (SSSR count). The van der Waals surface area contributed by atoms with Gasteiger partial charge >= 0.3 is 0 Å². The van der Waals surface area contributed by atoms with Gasteiger partial charge in [0.25, 0.3) is 0 Å². The van der Waals surface area contributed by atoms with Gasteiger partial charge in [0.2, 0.25) is 5.91 Å². The van der Waals surface area contributed by atoms with E-state index in [-0.39, 0.29) is 11.7 Å². The van der Waals surface area contributed by atoms with E-state index in [1.807, 2.05) is 42.7 Å². The van der Waals surface area contributed by atoms with Gasteiger partial charge in [0.15, 0.2) is 5.16 Å². The molecule has 26 heavy (non-hydrogen) atoms. The molecular weight excluding hydrogens is 368 g/mol. The summed E-state index contributed by atoms with van der Waals surface area (Å²) in [5.74, 6) is 0.111. The van der Waals surface area contributed by atoms with E-state index < -0.39 is 0 Å². The molecule has 1 N–H and O–H groups in total. The van der Waals surface area contributed by atoms with Crippen molar-refractivity contribution in [1.29, 1.82) is 0 Å². The second-order valence-electron chi connectivity index (χ2n) is 6.07. The number of carbonyl (C=O) groups is 1. The van der Waals surface area contributed by atoms with Crippen molar-refractivity contribution in [3.63, 3.8) is 0 Å². The van der Waals surface area contributed by atoms with E-state index in [1.54, 1.807) is 12.4 Å². The number of anilines is 1. The minimum absolute atomic E-state index is 0.120. The second-order valence-corrected chi connectivity index (χ2v) is 7.42. The lowest BCUT2D eigenvalue weighted by molar-refractivity contribution is -0.113. The maximum absolute atomic E-state index is 12.2. The molecule has 0 unspecified atom stereocenters. The first-order valence-electron chi connectivity index (χ1n) is 8.10. The zero-order valence-electron chi connectivity index (χ0n) is 14.8. The van der Waals surface area contributed by atoms with E-state index in [0.717, 1.165) is 16.8 Å². The summed E-state index contributed by atoms with van der Waals surface area (Å²) < 4.78 is 1.90. The summed E-state index contributed by atoms with van der Waals surface area (Å²) in [5.41, 5.74) is 4.99. The number of aromatic nitrogens is 3. The van der Waals surface area contributed by atoms with Crippen LogP contribution >= 0.6 is 23.4 Å². The molecule has 1 aromatic heterocycles. The standard InChI is InChI=1S/C19H19ClN4OS/c1-12-4-7-17(14(3)8-12)24-11-21-23-19(24)26-10-18(25)22-15-6-5-13(2)16(20)9-15/h4-9,11H,10H2,1-3H3,(H,22,25). The van der Waals surface area contributed by atoms with E-state index in [2.05, 4.69) is 28.5 Å². The molecule has 0 atom stereocenters. The van der Waals surface area contributed by atoms with Crippen LogP contribution in [0.25, 0.3) is 5.69 Å². The first-order chi connectivity index (χ1) is 12.4. The molecule has 2 aromatic carbocycles. The molecule has 0 aliphatic carbocycles. The summed E-state index contributed by atoms with van der Waals surface area (Å²) in [6.07, 6.45) is 1.66. The number of benzene rings is 2. The Bertz CT molecular complexity index is 954. The number of nitrogens with zero attached hydrogens (tertiary/aromatic N) is 3. The van der Waals surface area contributed by atoms with Gasteiger partial charge in [-0.05, 0) is 50.1 Å². The number of rotatable bonds is 5. The molecule has 1 heterocycles. The highest BCUT2D eigenvalue weighted by molar-refractivity contribution is 7.99. The maximum Gasteiger partial charge on any atom is 0.234 e. The number of hydrogen-bond donors (Lipinski definition) is 1. The monoisotopic (exact) mass is 386 g/mol. The van der Waals surface area contributed by atoms with Gasteiger partial charge in [-0.3, -0.25) is 9.36 Å². The van der Waals surface area contributed by atoms with E-state index >= 15 is 0 Å². The number of aryl methyl sites for hydroxylation is 3. The van der Waals surface area contributed by atoms with Gasteiger partial charge < -0.3 is 5.32 Å². The molecule has 0 aliphatic rings. The van der Waals surface area contributed by atoms with Crippen LogP contribution in [-0.2, 0) is 4.79 Å². The molecule has 0 bridgehead atoms. The summed E-state index contributed by atoms with van der Waals surface area (Å²) in [6.45, 7) is 6.02. The maximum atomic E-state index is 12.2. The van der Waals surface area contributed by atoms with E-state index in [9.17, 15) is 4.79 Å². The summed E-state index contributed by atoms with van der Waals surface area (Å²) in [4.78, 5) is 12.2. The first kappa shape index (κ1) is 18.5. The molecule has 0 aliphatic heterocycles. The van der Waals surface area contributed by atoms with Crippen molar-refractivity contribution in [2.24, 2.45) is 0 Å². The molecular formula is C19H19ClN4OS. The van der Waals surface area contributed by atoms with Crippen molar-refractivity contribution in [2.75, 3.05) is 11.1 Å². The molecule has 0 saturated heterocycles. The summed E-state index contributed by atoms with van der Waals surface area (Å²) in [7, 11) is 0. The lowest BCUT2D eigenvalue weighted by atomic mass is 10.1. The lowest BCUT2D eigenvalue weighted by Gasteiger charge is -2.10. The van der Waals surface area contributed by atoms with Crippen LogP contribution in [0.2, 0.25) is 5.02 Å². The van der Waals surface area contributed by atoms with Crippen molar-refractivity contribution < 1.29 is 4.79 Å². The van der Waals surface area contributed by atoms with Crippen LogP contribution in [-0.4, -0.2) is 26.4 Å². The largest absolute Gasteiger partial charge is 0.325 e. The number of carbonyl (C=O) groups excluding carboxylic acids is 1. The van der Waals surface area contributed by atoms with Gasteiger partial charge in [0.1, 0.15) is 6.33 Å². The quantitative estimate of drug-likeness (QED) is 0.652. The van der Waals surface area contributed by atoms with E-state index in [1.165, 1.54) is 17.3 Å². The Labute approximate surface area is 161 Å². The SMILES string of the molecule is Cc1ccc(-n2cnnc2SCC(=O)Nc2ccc(C)c(Cl)c2)c(C)c1. The van der Waals surface area contributed by atoms with Crippen molar-refractivity contribution in [3.05, 3.63) is 64.4 Å². The Morgan fingerprint density at radius 2 is 1.96 bits per heavy atom. The Morgan fingerprint density at radius 1 is 1.15 bits per heavy atom. The third-order valence-electron chi connectivity index (χ3n) is 3.92. The van der Waals surface area contributed by atoms with Crippen molar-refractivity contribution in [2.45, 2.75) is 25.9 Å². The Morgan fingerprint density at radius 3 is 2.69 bits per heavy atom. The fourth-order valence-corrected chi connectivity index (χ4v) is 3.46. The van der Waals surface area contributed by atoms with Crippen molar-refractivity contribution in [3.8, 4) is 5.69 Å². The lowest BCUT2D eigenvalue weighted by Crippen LogP contribution is -2.14. The van der Waals surface area contributed by atoms with Crippen LogP contribution in [0.1, 0.15) is 16.7 Å². The number of amides is 1. The number of halogens is 1. The molecule has 3 aromatic rings. The van der Waals surface area contributed by atoms with Gasteiger partial charge in [0.05, 0.1) is 11.4 Å². The van der Waals surface area contributed by atoms with Crippen LogP contribution in [0, 0.1) is 20.8 Å². The third-order valence-corrected chi connectivity index (χ3v) is 5.27. The summed E-state index contributed by atoms with van der Waals surface area (Å²) in [5, 5.41) is 12.3. The van der Waals surface area contributed by atoms with Crippen molar-refractivity contribution >= 4 is 35.0 Å². The molecule has 1 amide bonds. The molecule has 0 fully saturated rings. The van der Waals surface area contributed by atoms with Gasteiger partial charge in [-0.1, -0.05) is 47.1 Å². The molecule has 134 valence electrons. The zero-order valence-corrected chi connectivity index (χ0v) is 16.4. The van der Waals surface area contributed by atoms with Gasteiger partial charge in [-0.2, -0.15) is 0 Å². The Balaban J connectivity index is 1.68. The van der Waals surface area contributed by atoms with Gasteiger partial charge in [0, 0.05) is 10.7 Å². The minimum Gasteiger partial charge on any atom is -0.325 e. The molecule has 0 spiro atoms. The third kappa shape index (κ3) is 4.26. The predicted molar refractivity (Wildman–Crippen MR) is 106 cm³/mol. The highest BCUT2D eigenvalue weighted by atomic mass is 35.5. The topological polar surface area (TPSA) is 59.8 Å². The van der Waals surface area contributed by atoms with Crippen LogP contribution in [0.15, 0.2) is 47.9 Å². The number of thioether (sulfide) groups is 1.